The Labute approximate surface area is 223 Å². The summed E-state index contributed by atoms with van der Waals surface area (Å²) < 4.78 is 58.2. The lowest BCUT2D eigenvalue weighted by molar-refractivity contribution is -0.144. The SMILES string of the molecule is O=C(Nc1cc(F)cc(C(F)(F)F)c1)N[C@@H](Cc1ccccc1)C(=O)N1CCC(C(=O)N2CCOCC2)CC1. The van der Waals surface area contributed by atoms with Crippen molar-refractivity contribution < 1.29 is 36.7 Å². The fraction of sp³-hybridized carbons (Fsp3) is 0.444. The van der Waals surface area contributed by atoms with Gasteiger partial charge >= 0.3 is 12.2 Å². The molecule has 2 aromatic carbocycles. The van der Waals surface area contributed by atoms with Gasteiger partial charge in [-0.2, -0.15) is 13.2 Å². The van der Waals surface area contributed by atoms with Crippen LogP contribution in [-0.2, 0) is 26.9 Å². The Morgan fingerprint density at radius 3 is 2.26 bits per heavy atom. The maximum absolute atomic E-state index is 13.8. The maximum Gasteiger partial charge on any atom is 0.416 e. The van der Waals surface area contributed by atoms with E-state index in [-0.39, 0.29) is 24.2 Å². The number of morpholine rings is 1. The fourth-order valence-corrected chi connectivity index (χ4v) is 4.81. The van der Waals surface area contributed by atoms with E-state index in [0.717, 1.165) is 11.6 Å². The van der Waals surface area contributed by atoms with Crippen molar-refractivity contribution in [1.29, 1.82) is 0 Å². The molecular weight excluding hydrogens is 520 g/mol. The molecule has 0 bridgehead atoms. The lowest BCUT2D eigenvalue weighted by atomic mass is 9.94. The molecule has 39 heavy (non-hydrogen) atoms. The van der Waals surface area contributed by atoms with E-state index >= 15 is 0 Å². The predicted molar refractivity (Wildman–Crippen MR) is 134 cm³/mol. The third kappa shape index (κ3) is 7.69. The number of likely N-dealkylation sites (tertiary alicyclic amines) is 1. The van der Waals surface area contributed by atoms with Crippen LogP contribution >= 0.6 is 0 Å². The molecule has 2 N–H and O–H groups in total. The third-order valence-corrected chi connectivity index (χ3v) is 6.85. The molecule has 2 saturated heterocycles. The van der Waals surface area contributed by atoms with Crippen LogP contribution in [0.4, 0.5) is 28.0 Å². The normalized spacial score (nSPS) is 17.4. The topological polar surface area (TPSA) is 91.0 Å². The van der Waals surface area contributed by atoms with E-state index in [9.17, 15) is 31.9 Å². The second-order valence-corrected chi connectivity index (χ2v) is 9.60. The molecule has 2 aliphatic rings. The van der Waals surface area contributed by atoms with Crippen LogP contribution in [0.3, 0.4) is 0 Å². The van der Waals surface area contributed by atoms with Gasteiger partial charge in [0.25, 0.3) is 0 Å². The van der Waals surface area contributed by atoms with E-state index in [2.05, 4.69) is 10.6 Å². The van der Waals surface area contributed by atoms with Crippen LogP contribution in [-0.4, -0.2) is 73.1 Å². The Morgan fingerprint density at radius 1 is 0.949 bits per heavy atom. The Bertz CT molecular complexity index is 1160. The van der Waals surface area contributed by atoms with Gasteiger partial charge in [0.05, 0.1) is 18.8 Å². The van der Waals surface area contributed by atoms with E-state index < -0.39 is 35.3 Å². The van der Waals surface area contributed by atoms with Crippen molar-refractivity contribution >= 4 is 23.5 Å². The maximum atomic E-state index is 13.8. The minimum Gasteiger partial charge on any atom is -0.378 e. The van der Waals surface area contributed by atoms with Gasteiger partial charge in [-0.05, 0) is 36.6 Å². The van der Waals surface area contributed by atoms with Crippen molar-refractivity contribution in [2.24, 2.45) is 5.92 Å². The number of hydrogen-bond donors (Lipinski definition) is 2. The Balaban J connectivity index is 1.42. The summed E-state index contributed by atoms with van der Waals surface area (Å²) in [6.07, 6.45) is -3.70. The molecule has 0 unspecified atom stereocenters. The van der Waals surface area contributed by atoms with Gasteiger partial charge in [-0.25, -0.2) is 9.18 Å². The van der Waals surface area contributed by atoms with Gasteiger partial charge in [0.2, 0.25) is 11.8 Å². The van der Waals surface area contributed by atoms with Crippen molar-refractivity contribution in [2.75, 3.05) is 44.7 Å². The number of carbonyl (C=O) groups excluding carboxylic acids is 3. The first-order valence-corrected chi connectivity index (χ1v) is 12.7. The highest BCUT2D eigenvalue weighted by Crippen LogP contribution is 2.31. The molecule has 0 radical (unpaired) electrons. The zero-order valence-electron chi connectivity index (χ0n) is 21.2. The Hall–Kier alpha value is -3.67. The fourth-order valence-electron chi connectivity index (χ4n) is 4.81. The minimum absolute atomic E-state index is 0.0528. The summed E-state index contributed by atoms with van der Waals surface area (Å²) in [6.45, 7) is 2.76. The molecule has 1 atom stereocenters. The van der Waals surface area contributed by atoms with E-state index in [1.807, 2.05) is 0 Å². The number of amides is 4. The summed E-state index contributed by atoms with van der Waals surface area (Å²) in [5.41, 5.74) is -0.879. The number of carbonyl (C=O) groups is 3. The van der Waals surface area contributed by atoms with Gasteiger partial charge in [-0.1, -0.05) is 30.3 Å². The van der Waals surface area contributed by atoms with Crippen LogP contribution in [0.5, 0.6) is 0 Å². The zero-order valence-corrected chi connectivity index (χ0v) is 21.2. The number of hydrogen-bond acceptors (Lipinski definition) is 4. The quantitative estimate of drug-likeness (QED) is 0.537. The van der Waals surface area contributed by atoms with E-state index in [4.69, 9.17) is 4.74 Å². The lowest BCUT2D eigenvalue weighted by Gasteiger charge is -2.36. The number of ether oxygens (including phenoxy) is 1. The Kier molecular flexibility index (Phi) is 9.05. The molecule has 0 aliphatic carbocycles. The molecule has 2 fully saturated rings. The molecule has 12 heteroatoms. The highest BCUT2D eigenvalue weighted by atomic mass is 19.4. The highest BCUT2D eigenvalue weighted by Gasteiger charge is 2.34. The van der Waals surface area contributed by atoms with Crippen LogP contribution in [0.25, 0.3) is 0 Å². The van der Waals surface area contributed by atoms with Gasteiger partial charge in [0.15, 0.2) is 0 Å². The van der Waals surface area contributed by atoms with Crippen molar-refractivity contribution in [3.63, 3.8) is 0 Å². The van der Waals surface area contributed by atoms with Gasteiger partial charge in [-0.15, -0.1) is 0 Å². The van der Waals surface area contributed by atoms with Crippen molar-refractivity contribution in [2.45, 2.75) is 31.5 Å². The monoisotopic (exact) mass is 550 g/mol. The summed E-state index contributed by atoms with van der Waals surface area (Å²) >= 11 is 0. The lowest BCUT2D eigenvalue weighted by Crippen LogP contribution is -2.53. The summed E-state index contributed by atoms with van der Waals surface area (Å²) in [4.78, 5) is 42.4. The van der Waals surface area contributed by atoms with E-state index in [1.165, 1.54) is 0 Å². The standard InChI is InChI=1S/C27H30F4N4O4/c28-21-15-20(27(29,30)31)16-22(17-21)32-26(38)33-23(14-18-4-2-1-3-5-18)25(37)34-8-6-19(7-9-34)24(36)35-10-12-39-13-11-35/h1-5,15-17,19,23H,6-14H2,(H2,32,33,38)/t23-/m0/s1. The molecule has 0 spiro atoms. The van der Waals surface area contributed by atoms with Crippen LogP contribution in [0.1, 0.15) is 24.0 Å². The first-order chi connectivity index (χ1) is 18.6. The molecule has 8 nitrogen and oxygen atoms in total. The number of halogens is 4. The smallest absolute Gasteiger partial charge is 0.378 e. The molecule has 210 valence electrons. The van der Waals surface area contributed by atoms with Gasteiger partial charge in [0.1, 0.15) is 11.9 Å². The average Bonchev–Trinajstić information content (AvgIpc) is 2.92. The summed E-state index contributed by atoms with van der Waals surface area (Å²) in [5.74, 6) is -1.68. The number of rotatable bonds is 6. The van der Waals surface area contributed by atoms with Crippen molar-refractivity contribution in [3.8, 4) is 0 Å². The number of alkyl halides is 3. The summed E-state index contributed by atoms with van der Waals surface area (Å²) in [6, 6.07) is 8.68. The predicted octanol–water partition coefficient (Wildman–Crippen LogP) is 3.67. The number of urea groups is 1. The number of anilines is 1. The van der Waals surface area contributed by atoms with E-state index in [0.29, 0.717) is 64.4 Å². The second-order valence-electron chi connectivity index (χ2n) is 9.60. The molecular formula is C27H30F4N4O4. The van der Waals surface area contributed by atoms with Gasteiger partial charge in [0, 0.05) is 44.2 Å². The number of benzene rings is 2. The van der Waals surface area contributed by atoms with Crippen molar-refractivity contribution in [1.82, 2.24) is 15.1 Å². The first-order valence-electron chi connectivity index (χ1n) is 12.7. The van der Waals surface area contributed by atoms with Crippen LogP contribution < -0.4 is 10.6 Å². The first kappa shape index (κ1) is 28.3. The minimum atomic E-state index is -4.80. The number of piperidine rings is 1. The molecule has 4 rings (SSSR count). The van der Waals surface area contributed by atoms with Crippen LogP contribution in [0.2, 0.25) is 0 Å². The van der Waals surface area contributed by atoms with Crippen LogP contribution in [0, 0.1) is 11.7 Å². The molecule has 0 aromatic heterocycles. The molecule has 0 saturated carbocycles. The Morgan fingerprint density at radius 2 is 1.62 bits per heavy atom. The molecule has 4 amide bonds. The zero-order chi connectivity index (χ0) is 28.0. The van der Waals surface area contributed by atoms with Gasteiger partial charge < -0.3 is 25.2 Å². The molecule has 2 aromatic rings. The third-order valence-electron chi connectivity index (χ3n) is 6.85. The average molecular weight is 551 g/mol. The number of nitrogens with zero attached hydrogens (tertiary/aromatic N) is 2. The van der Waals surface area contributed by atoms with Gasteiger partial charge in [-0.3, -0.25) is 9.59 Å². The van der Waals surface area contributed by atoms with Crippen molar-refractivity contribution in [3.05, 3.63) is 65.5 Å². The second kappa shape index (κ2) is 12.5. The van der Waals surface area contributed by atoms with Crippen LogP contribution in [0.15, 0.2) is 48.5 Å². The van der Waals surface area contributed by atoms with E-state index in [1.54, 1.807) is 40.1 Å². The molecule has 2 heterocycles. The number of nitrogens with one attached hydrogen (secondary N) is 2. The molecule has 2 aliphatic heterocycles. The summed E-state index contributed by atoms with van der Waals surface area (Å²) in [7, 11) is 0. The highest BCUT2D eigenvalue weighted by molar-refractivity contribution is 5.94. The summed E-state index contributed by atoms with van der Waals surface area (Å²) in [5, 5.41) is 4.75. The largest absolute Gasteiger partial charge is 0.416 e.